The number of fused-ring (bicyclic) bond motifs is 1. The van der Waals surface area contributed by atoms with Gasteiger partial charge >= 0.3 is 0 Å². The lowest BCUT2D eigenvalue weighted by Gasteiger charge is -2.22. The summed E-state index contributed by atoms with van der Waals surface area (Å²) in [5, 5.41) is 10.6. The molecule has 0 spiro atoms. The highest BCUT2D eigenvalue weighted by molar-refractivity contribution is 5.87. The maximum atomic E-state index is 12.4. The van der Waals surface area contributed by atoms with Crippen molar-refractivity contribution in [2.45, 2.75) is 84.0 Å². The van der Waals surface area contributed by atoms with E-state index in [1.165, 1.54) is 5.57 Å². The Morgan fingerprint density at radius 2 is 2.04 bits per heavy atom. The summed E-state index contributed by atoms with van der Waals surface area (Å²) in [4.78, 5) is 12.4. The number of hydrogen-bond acceptors (Lipinski definition) is 3. The summed E-state index contributed by atoms with van der Waals surface area (Å²) in [5.74, 6) is 0.958. The molecule has 3 heteroatoms. The van der Waals surface area contributed by atoms with Crippen LogP contribution in [0.15, 0.2) is 23.8 Å². The summed E-state index contributed by atoms with van der Waals surface area (Å²) < 4.78 is 5.67. The Kier molecular flexibility index (Phi) is 5.52. The predicted octanol–water partition coefficient (Wildman–Crippen LogP) is 4.20. The van der Waals surface area contributed by atoms with Crippen molar-refractivity contribution in [1.82, 2.24) is 0 Å². The van der Waals surface area contributed by atoms with Crippen LogP contribution < -0.4 is 0 Å². The first-order valence-corrected chi connectivity index (χ1v) is 8.91. The standard InChI is InChI=1S/C20H32O3/c1-14(2)16-9-8-15(3)7-6-11-20(5)18(23-20)17(21)13-19(4,22)12-10-16/h7,10,12,14,16,18,22H,6,8-9,11,13H2,1-5H3/b12-10+,15-7-/t16-,18?,19-,20?/m0/s1. The van der Waals surface area contributed by atoms with E-state index in [9.17, 15) is 9.90 Å². The molecule has 1 aliphatic heterocycles. The van der Waals surface area contributed by atoms with Crippen LogP contribution in [-0.2, 0) is 9.53 Å². The molecule has 130 valence electrons. The summed E-state index contributed by atoms with van der Waals surface area (Å²) in [6, 6.07) is 0. The molecule has 1 saturated heterocycles. The van der Waals surface area contributed by atoms with E-state index in [4.69, 9.17) is 4.74 Å². The van der Waals surface area contributed by atoms with Crippen LogP contribution in [0.3, 0.4) is 0 Å². The summed E-state index contributed by atoms with van der Waals surface area (Å²) in [7, 11) is 0. The number of rotatable bonds is 1. The molecule has 2 rings (SSSR count). The van der Waals surface area contributed by atoms with E-state index in [1.807, 2.05) is 13.0 Å². The molecule has 2 unspecified atom stereocenters. The number of hydrogen-bond donors (Lipinski definition) is 1. The first-order chi connectivity index (χ1) is 10.6. The van der Waals surface area contributed by atoms with Crippen LogP contribution in [0, 0.1) is 11.8 Å². The van der Waals surface area contributed by atoms with Crippen LogP contribution in [0.25, 0.3) is 0 Å². The van der Waals surface area contributed by atoms with Crippen molar-refractivity contribution in [2.24, 2.45) is 11.8 Å². The SMILES string of the molecule is C/C1=C/CCC2(C)OC2C(=O)C[C@@](C)(O)/C=C/[C@@H](C(C)C)CC1. The number of allylic oxidation sites excluding steroid dienone is 3. The Labute approximate surface area is 140 Å². The molecule has 4 atom stereocenters. The van der Waals surface area contributed by atoms with Crippen LogP contribution in [-0.4, -0.2) is 28.2 Å². The molecule has 0 aromatic carbocycles. The second-order valence-electron chi connectivity index (χ2n) is 8.21. The lowest BCUT2D eigenvalue weighted by Crippen LogP contribution is -2.30. The fourth-order valence-corrected chi connectivity index (χ4v) is 3.42. The number of carbonyl (C=O) groups is 1. The number of Topliss-reactive ketones (excluding diaryl/α,β-unsaturated/α-hetero) is 1. The third-order valence-electron chi connectivity index (χ3n) is 5.27. The molecule has 0 aromatic rings. The van der Waals surface area contributed by atoms with Gasteiger partial charge in [-0.05, 0) is 58.3 Å². The Morgan fingerprint density at radius 1 is 1.35 bits per heavy atom. The van der Waals surface area contributed by atoms with Crippen molar-refractivity contribution in [1.29, 1.82) is 0 Å². The van der Waals surface area contributed by atoms with Crippen molar-refractivity contribution in [2.75, 3.05) is 0 Å². The van der Waals surface area contributed by atoms with Gasteiger partial charge in [-0.15, -0.1) is 0 Å². The van der Waals surface area contributed by atoms with Crippen LogP contribution >= 0.6 is 0 Å². The summed E-state index contributed by atoms with van der Waals surface area (Å²) in [5.41, 5.74) is -0.0235. The van der Waals surface area contributed by atoms with Gasteiger partial charge < -0.3 is 9.84 Å². The van der Waals surface area contributed by atoms with Crippen molar-refractivity contribution >= 4 is 5.78 Å². The van der Waals surface area contributed by atoms with E-state index in [-0.39, 0.29) is 23.9 Å². The van der Waals surface area contributed by atoms with Gasteiger partial charge in [-0.2, -0.15) is 0 Å². The molecule has 23 heavy (non-hydrogen) atoms. The molecule has 1 heterocycles. The van der Waals surface area contributed by atoms with Crippen LogP contribution in [0.2, 0.25) is 0 Å². The summed E-state index contributed by atoms with van der Waals surface area (Å²) in [6.45, 7) is 10.3. The fourth-order valence-electron chi connectivity index (χ4n) is 3.42. The van der Waals surface area contributed by atoms with E-state index in [0.717, 1.165) is 25.7 Å². The lowest BCUT2D eigenvalue weighted by molar-refractivity contribution is -0.123. The van der Waals surface area contributed by atoms with Crippen LogP contribution in [0.1, 0.15) is 66.7 Å². The topological polar surface area (TPSA) is 49.8 Å². The molecule has 1 N–H and O–H groups in total. The monoisotopic (exact) mass is 320 g/mol. The minimum atomic E-state index is -1.09. The molecule has 1 fully saturated rings. The van der Waals surface area contributed by atoms with Crippen LogP contribution in [0.5, 0.6) is 0 Å². The van der Waals surface area contributed by atoms with Gasteiger partial charge in [0.25, 0.3) is 0 Å². The Balaban J connectivity index is 2.18. The van der Waals surface area contributed by atoms with E-state index >= 15 is 0 Å². The highest BCUT2D eigenvalue weighted by Gasteiger charge is 2.56. The van der Waals surface area contributed by atoms with E-state index in [2.05, 4.69) is 32.9 Å². The van der Waals surface area contributed by atoms with Crippen molar-refractivity contribution < 1.29 is 14.6 Å². The normalized spacial score (nSPS) is 43.3. The van der Waals surface area contributed by atoms with Gasteiger partial charge in [0.1, 0.15) is 11.7 Å². The number of epoxide rings is 1. The zero-order valence-corrected chi connectivity index (χ0v) is 15.3. The molecular formula is C20H32O3. The Hall–Kier alpha value is -0.930. The molecule has 0 saturated carbocycles. The summed E-state index contributed by atoms with van der Waals surface area (Å²) in [6.07, 6.45) is 9.97. The average molecular weight is 320 g/mol. The Morgan fingerprint density at radius 3 is 2.70 bits per heavy atom. The zero-order valence-electron chi connectivity index (χ0n) is 15.3. The molecule has 0 amide bonds. The van der Waals surface area contributed by atoms with Gasteiger partial charge in [0, 0.05) is 6.42 Å². The number of ether oxygens (including phenoxy) is 1. The van der Waals surface area contributed by atoms with Crippen molar-refractivity contribution in [3.05, 3.63) is 23.8 Å². The zero-order chi connectivity index (χ0) is 17.3. The number of carbonyl (C=O) groups excluding carboxylic acids is 1. The third kappa shape index (κ3) is 5.02. The number of ketones is 1. The minimum Gasteiger partial charge on any atom is -0.386 e. The smallest absolute Gasteiger partial charge is 0.167 e. The Bertz CT molecular complexity index is 501. The molecule has 0 aromatic heterocycles. The maximum Gasteiger partial charge on any atom is 0.167 e. The van der Waals surface area contributed by atoms with Gasteiger partial charge in [-0.1, -0.05) is 37.6 Å². The number of aliphatic hydroxyl groups is 1. The predicted molar refractivity (Wildman–Crippen MR) is 93.2 cm³/mol. The molecule has 3 nitrogen and oxygen atoms in total. The second-order valence-corrected chi connectivity index (χ2v) is 8.21. The van der Waals surface area contributed by atoms with E-state index in [0.29, 0.717) is 11.8 Å². The van der Waals surface area contributed by atoms with Crippen molar-refractivity contribution in [3.63, 3.8) is 0 Å². The second kappa shape index (κ2) is 6.90. The molecule has 1 aliphatic carbocycles. The minimum absolute atomic E-state index is 0.0148. The van der Waals surface area contributed by atoms with E-state index in [1.54, 1.807) is 6.92 Å². The fraction of sp³-hybridized carbons (Fsp3) is 0.750. The third-order valence-corrected chi connectivity index (χ3v) is 5.27. The quantitative estimate of drug-likeness (QED) is 0.582. The van der Waals surface area contributed by atoms with Gasteiger partial charge in [-0.25, -0.2) is 0 Å². The highest BCUT2D eigenvalue weighted by Crippen LogP contribution is 2.42. The first kappa shape index (κ1) is 18.4. The van der Waals surface area contributed by atoms with Gasteiger partial charge in [0.15, 0.2) is 5.78 Å². The largest absolute Gasteiger partial charge is 0.386 e. The first-order valence-electron chi connectivity index (χ1n) is 8.91. The van der Waals surface area contributed by atoms with Crippen molar-refractivity contribution in [3.8, 4) is 0 Å². The molecular weight excluding hydrogens is 288 g/mol. The summed E-state index contributed by atoms with van der Waals surface area (Å²) >= 11 is 0. The lowest BCUT2D eigenvalue weighted by atomic mass is 9.85. The van der Waals surface area contributed by atoms with Gasteiger partial charge in [0.2, 0.25) is 0 Å². The average Bonchev–Trinajstić information content (AvgIpc) is 3.09. The maximum absolute atomic E-state index is 12.4. The van der Waals surface area contributed by atoms with Gasteiger partial charge in [-0.3, -0.25) is 4.79 Å². The molecule has 2 aliphatic rings. The van der Waals surface area contributed by atoms with E-state index < -0.39 is 5.60 Å². The highest BCUT2D eigenvalue weighted by atomic mass is 16.6. The van der Waals surface area contributed by atoms with Crippen LogP contribution in [0.4, 0.5) is 0 Å². The van der Waals surface area contributed by atoms with Gasteiger partial charge in [0.05, 0.1) is 5.60 Å². The molecule has 0 radical (unpaired) electrons. The molecule has 0 bridgehead atoms.